The van der Waals surface area contributed by atoms with Gasteiger partial charge in [-0.3, -0.25) is 9.89 Å². The maximum Gasteiger partial charge on any atom is 0.291 e. The summed E-state index contributed by atoms with van der Waals surface area (Å²) in [7, 11) is 0. The van der Waals surface area contributed by atoms with Gasteiger partial charge in [0, 0.05) is 6.54 Å². The van der Waals surface area contributed by atoms with E-state index in [1.54, 1.807) is 4.90 Å². The molecule has 2 rings (SSSR count). The minimum Gasteiger partial charge on any atom is -0.394 e. The van der Waals surface area contributed by atoms with Gasteiger partial charge in [-0.1, -0.05) is 0 Å². The molecular formula is C9H15N5O3. The highest BCUT2D eigenvalue weighted by Crippen LogP contribution is 2.14. The zero-order valence-electron chi connectivity index (χ0n) is 9.46. The Morgan fingerprint density at radius 3 is 3.12 bits per heavy atom. The molecule has 8 heteroatoms. The zero-order chi connectivity index (χ0) is 12.4. The molecule has 1 saturated heterocycles. The van der Waals surface area contributed by atoms with Crippen LogP contribution in [0.2, 0.25) is 0 Å². The molecule has 2 heterocycles. The summed E-state index contributed by atoms with van der Waals surface area (Å²) in [5, 5.41) is 15.1. The topological polar surface area (TPSA) is 117 Å². The highest BCUT2D eigenvalue weighted by atomic mass is 16.5. The van der Waals surface area contributed by atoms with Crippen molar-refractivity contribution in [2.45, 2.75) is 19.1 Å². The Hall–Kier alpha value is -1.67. The van der Waals surface area contributed by atoms with E-state index in [1.807, 2.05) is 6.92 Å². The first kappa shape index (κ1) is 11.8. The van der Waals surface area contributed by atoms with E-state index in [1.165, 1.54) is 0 Å². The number of aliphatic hydroxyl groups is 1. The van der Waals surface area contributed by atoms with Crippen LogP contribution in [0.4, 0.5) is 5.95 Å². The number of amides is 1. The fourth-order valence-corrected chi connectivity index (χ4v) is 1.72. The number of nitrogens with two attached hydrogens (primary N) is 1. The number of ether oxygens (including phenoxy) is 1. The van der Waals surface area contributed by atoms with Crippen molar-refractivity contribution < 1.29 is 14.6 Å². The number of nitrogens with zero attached hydrogens (tertiary/aromatic N) is 3. The van der Waals surface area contributed by atoms with Crippen LogP contribution in [-0.2, 0) is 4.74 Å². The van der Waals surface area contributed by atoms with Gasteiger partial charge in [-0.15, -0.1) is 5.10 Å². The minimum atomic E-state index is -0.351. The predicted molar refractivity (Wildman–Crippen MR) is 58.1 cm³/mol. The number of rotatable bonds is 2. The molecule has 1 aromatic heterocycles. The van der Waals surface area contributed by atoms with Crippen LogP contribution in [0, 0.1) is 0 Å². The number of hydrogen-bond donors (Lipinski definition) is 3. The lowest BCUT2D eigenvalue weighted by Crippen LogP contribution is -2.52. The van der Waals surface area contributed by atoms with Crippen LogP contribution >= 0.6 is 0 Å². The van der Waals surface area contributed by atoms with Gasteiger partial charge in [-0.2, -0.15) is 4.98 Å². The molecule has 1 fully saturated rings. The number of carbonyl (C=O) groups excluding carboxylic acids is 1. The number of aliphatic hydroxyl groups excluding tert-OH is 1. The fraction of sp³-hybridized carbons (Fsp3) is 0.667. The molecule has 0 radical (unpaired) electrons. The molecule has 1 aromatic rings. The monoisotopic (exact) mass is 241 g/mol. The second-order valence-corrected chi connectivity index (χ2v) is 3.99. The summed E-state index contributed by atoms with van der Waals surface area (Å²) < 4.78 is 5.35. The van der Waals surface area contributed by atoms with Gasteiger partial charge in [0.1, 0.15) is 0 Å². The average molecular weight is 241 g/mol. The van der Waals surface area contributed by atoms with Gasteiger partial charge in [-0.25, -0.2) is 0 Å². The van der Waals surface area contributed by atoms with Crippen LogP contribution in [-0.4, -0.2) is 63.0 Å². The number of aromatic nitrogens is 3. The second kappa shape index (κ2) is 4.68. The molecule has 1 amide bonds. The largest absolute Gasteiger partial charge is 0.394 e. The summed E-state index contributed by atoms with van der Waals surface area (Å²) in [6, 6.07) is -0.0726. The number of H-pyrrole nitrogens is 1. The molecule has 1 aliphatic rings. The Balaban J connectivity index is 2.12. The van der Waals surface area contributed by atoms with Crippen molar-refractivity contribution in [1.82, 2.24) is 20.1 Å². The van der Waals surface area contributed by atoms with E-state index in [9.17, 15) is 4.79 Å². The summed E-state index contributed by atoms with van der Waals surface area (Å²) in [6.07, 6.45) is -0.351. The van der Waals surface area contributed by atoms with Crippen molar-refractivity contribution in [2.75, 3.05) is 25.5 Å². The van der Waals surface area contributed by atoms with E-state index in [-0.39, 0.29) is 36.4 Å². The Morgan fingerprint density at radius 2 is 2.53 bits per heavy atom. The molecule has 0 spiro atoms. The highest BCUT2D eigenvalue weighted by Gasteiger charge is 2.31. The molecule has 0 saturated carbocycles. The van der Waals surface area contributed by atoms with Gasteiger partial charge in [-0.05, 0) is 6.92 Å². The first-order chi connectivity index (χ1) is 8.11. The van der Waals surface area contributed by atoms with Crippen LogP contribution < -0.4 is 5.73 Å². The van der Waals surface area contributed by atoms with E-state index < -0.39 is 0 Å². The van der Waals surface area contributed by atoms with Crippen molar-refractivity contribution in [3.05, 3.63) is 5.82 Å². The second-order valence-electron chi connectivity index (χ2n) is 3.99. The van der Waals surface area contributed by atoms with Crippen molar-refractivity contribution >= 4 is 11.9 Å². The number of aromatic amines is 1. The zero-order valence-corrected chi connectivity index (χ0v) is 9.46. The Bertz CT molecular complexity index is 407. The molecule has 2 unspecified atom stereocenters. The molecule has 17 heavy (non-hydrogen) atoms. The number of nitrogen functional groups attached to an aromatic ring is 1. The smallest absolute Gasteiger partial charge is 0.291 e. The van der Waals surface area contributed by atoms with Gasteiger partial charge in [0.15, 0.2) is 0 Å². The van der Waals surface area contributed by atoms with Gasteiger partial charge in [0.05, 0.1) is 25.4 Å². The number of hydrogen-bond acceptors (Lipinski definition) is 6. The number of nitrogens with one attached hydrogen (secondary N) is 1. The molecule has 0 bridgehead atoms. The third kappa shape index (κ3) is 2.37. The summed E-state index contributed by atoms with van der Waals surface area (Å²) >= 11 is 0. The van der Waals surface area contributed by atoms with Crippen LogP contribution in [0.3, 0.4) is 0 Å². The molecule has 4 N–H and O–H groups in total. The van der Waals surface area contributed by atoms with Crippen molar-refractivity contribution in [3.63, 3.8) is 0 Å². The third-order valence-electron chi connectivity index (χ3n) is 2.68. The van der Waals surface area contributed by atoms with Crippen molar-refractivity contribution in [2.24, 2.45) is 0 Å². The molecule has 94 valence electrons. The lowest BCUT2D eigenvalue weighted by atomic mass is 10.2. The first-order valence-electron chi connectivity index (χ1n) is 5.33. The molecule has 0 aliphatic carbocycles. The van der Waals surface area contributed by atoms with Crippen molar-refractivity contribution in [1.29, 1.82) is 0 Å². The maximum absolute atomic E-state index is 12.1. The predicted octanol–water partition coefficient (Wildman–Crippen LogP) is -1.39. The molecule has 1 aliphatic heterocycles. The van der Waals surface area contributed by atoms with E-state index in [4.69, 9.17) is 15.6 Å². The van der Waals surface area contributed by atoms with Gasteiger partial charge < -0.3 is 20.5 Å². The fourth-order valence-electron chi connectivity index (χ4n) is 1.72. The number of carbonyl (C=O) groups is 1. The van der Waals surface area contributed by atoms with Crippen LogP contribution in [0.5, 0.6) is 0 Å². The summed E-state index contributed by atoms with van der Waals surface area (Å²) in [4.78, 5) is 17.5. The summed E-state index contributed by atoms with van der Waals surface area (Å²) in [5.41, 5.74) is 5.35. The summed E-state index contributed by atoms with van der Waals surface area (Å²) in [6.45, 7) is 2.47. The lowest BCUT2D eigenvalue weighted by Gasteiger charge is -2.36. The number of anilines is 1. The highest BCUT2D eigenvalue weighted by molar-refractivity contribution is 5.91. The molecule has 0 aromatic carbocycles. The lowest BCUT2D eigenvalue weighted by molar-refractivity contribution is -0.0670. The Morgan fingerprint density at radius 1 is 1.76 bits per heavy atom. The van der Waals surface area contributed by atoms with Gasteiger partial charge >= 0.3 is 0 Å². The summed E-state index contributed by atoms with van der Waals surface area (Å²) in [5.74, 6) is -0.149. The Labute approximate surface area is 97.8 Å². The number of morpholine rings is 1. The van der Waals surface area contributed by atoms with E-state index in [0.717, 1.165) is 0 Å². The van der Waals surface area contributed by atoms with Gasteiger partial charge in [0.25, 0.3) is 5.91 Å². The third-order valence-corrected chi connectivity index (χ3v) is 2.68. The van der Waals surface area contributed by atoms with Gasteiger partial charge in [0.2, 0.25) is 11.8 Å². The van der Waals surface area contributed by atoms with Crippen molar-refractivity contribution in [3.8, 4) is 0 Å². The van der Waals surface area contributed by atoms with Crippen LogP contribution in [0.15, 0.2) is 0 Å². The van der Waals surface area contributed by atoms with E-state index in [0.29, 0.717) is 13.2 Å². The van der Waals surface area contributed by atoms with Crippen LogP contribution in [0.1, 0.15) is 17.5 Å². The Kier molecular flexibility index (Phi) is 3.25. The SMILES string of the molecule is CC1COC(CO)CN1C(=O)c1nc(N)n[nH]1. The van der Waals surface area contributed by atoms with E-state index in [2.05, 4.69) is 15.2 Å². The average Bonchev–Trinajstić information content (AvgIpc) is 2.76. The molecular weight excluding hydrogens is 226 g/mol. The minimum absolute atomic E-state index is 0.0352. The van der Waals surface area contributed by atoms with E-state index >= 15 is 0 Å². The standard InChI is InChI=1S/C9H15N5O3/c1-5-4-17-6(3-15)2-14(5)8(16)7-11-9(10)13-12-7/h5-6,15H,2-4H2,1H3,(H3,10,11,12,13). The quantitative estimate of drug-likeness (QED) is 0.586. The van der Waals surface area contributed by atoms with Crippen LogP contribution in [0.25, 0.3) is 0 Å². The first-order valence-corrected chi connectivity index (χ1v) is 5.33. The molecule has 2 atom stereocenters. The molecule has 8 nitrogen and oxygen atoms in total. The normalized spacial score (nSPS) is 24.9. The maximum atomic E-state index is 12.1.